The molecule has 0 unspecified atom stereocenters. The van der Waals surface area contributed by atoms with Crippen molar-refractivity contribution in [1.29, 1.82) is 0 Å². The van der Waals surface area contributed by atoms with Crippen LogP contribution < -0.4 is 19.8 Å². The number of hydrazone groups is 1. The zero-order valence-corrected chi connectivity index (χ0v) is 23.3. The van der Waals surface area contributed by atoms with E-state index in [0.717, 1.165) is 33.3 Å². The summed E-state index contributed by atoms with van der Waals surface area (Å²) in [6, 6.07) is 28.0. The number of hydrogen-bond donors (Lipinski definition) is 2. The van der Waals surface area contributed by atoms with E-state index in [4.69, 9.17) is 9.47 Å². The number of amides is 1. The Labute approximate surface area is 238 Å². The van der Waals surface area contributed by atoms with Crippen LogP contribution in [0, 0.1) is 6.92 Å². The molecule has 0 radical (unpaired) electrons. The van der Waals surface area contributed by atoms with Gasteiger partial charge in [-0.3, -0.25) is 4.79 Å². The second kappa shape index (κ2) is 11.8. The normalized spacial score (nSPS) is 11.0. The Morgan fingerprint density at radius 1 is 0.902 bits per heavy atom. The lowest BCUT2D eigenvalue weighted by Gasteiger charge is -2.12. The molecule has 1 amide bonds. The number of carbonyl (C=O) groups is 2. The summed E-state index contributed by atoms with van der Waals surface area (Å²) in [5, 5.41) is 5.12. The lowest BCUT2D eigenvalue weighted by Crippen LogP contribution is -2.18. The zero-order valence-electron chi connectivity index (χ0n) is 23.3. The van der Waals surface area contributed by atoms with Gasteiger partial charge in [-0.25, -0.2) is 10.2 Å². The number of carbonyl (C=O) groups excluding carboxylic acids is 2. The van der Waals surface area contributed by atoms with Crippen LogP contribution in [-0.2, 0) is 0 Å². The number of aromatic amines is 1. The predicted octanol–water partition coefficient (Wildman–Crippen LogP) is 6.20. The molecule has 0 aliphatic rings. The van der Waals surface area contributed by atoms with E-state index in [0.29, 0.717) is 22.6 Å². The number of aryl methyl sites for hydroxylation is 1. The fourth-order valence-corrected chi connectivity index (χ4v) is 4.45. The smallest absolute Gasteiger partial charge is 0.343 e. The van der Waals surface area contributed by atoms with Gasteiger partial charge in [-0.15, -0.1) is 0 Å². The number of nitrogens with one attached hydrogen (secondary N) is 2. The fraction of sp³-hybridized carbons (Fsp3) is 0.121. The van der Waals surface area contributed by atoms with Crippen LogP contribution in [0.4, 0.5) is 5.69 Å². The molecule has 8 nitrogen and oxygen atoms in total. The highest BCUT2D eigenvalue weighted by Gasteiger charge is 2.20. The van der Waals surface area contributed by atoms with Crippen LogP contribution in [0.5, 0.6) is 11.5 Å². The van der Waals surface area contributed by atoms with Gasteiger partial charge < -0.3 is 19.4 Å². The Balaban J connectivity index is 1.36. The number of nitrogens with zero attached hydrogens (tertiary/aromatic N) is 2. The van der Waals surface area contributed by atoms with Crippen LogP contribution in [0.25, 0.3) is 22.0 Å². The monoisotopic (exact) mass is 546 g/mol. The summed E-state index contributed by atoms with van der Waals surface area (Å²) in [5.41, 5.74) is 8.78. The first-order chi connectivity index (χ1) is 19.8. The lowest BCUT2D eigenvalue weighted by atomic mass is 10.0. The van der Waals surface area contributed by atoms with E-state index in [9.17, 15) is 9.59 Å². The molecule has 0 bridgehead atoms. The quantitative estimate of drug-likeness (QED) is 0.105. The van der Waals surface area contributed by atoms with E-state index in [1.54, 1.807) is 30.3 Å². The fourth-order valence-electron chi connectivity index (χ4n) is 4.45. The molecule has 1 aromatic heterocycles. The number of anilines is 1. The molecule has 1 heterocycles. The number of esters is 1. The van der Waals surface area contributed by atoms with E-state index in [1.807, 2.05) is 80.5 Å². The van der Waals surface area contributed by atoms with Gasteiger partial charge in [0.25, 0.3) is 5.91 Å². The molecule has 206 valence electrons. The zero-order chi connectivity index (χ0) is 28.9. The van der Waals surface area contributed by atoms with E-state index >= 15 is 0 Å². The summed E-state index contributed by atoms with van der Waals surface area (Å²) >= 11 is 0. The molecule has 5 aromatic rings. The first-order valence-corrected chi connectivity index (χ1v) is 13.0. The van der Waals surface area contributed by atoms with Crippen molar-refractivity contribution in [1.82, 2.24) is 10.4 Å². The molecule has 0 saturated heterocycles. The maximum Gasteiger partial charge on any atom is 0.343 e. The molecule has 41 heavy (non-hydrogen) atoms. The third kappa shape index (κ3) is 5.96. The summed E-state index contributed by atoms with van der Waals surface area (Å²) in [6.07, 6.45) is 1.50. The molecule has 5 rings (SSSR count). The standard InChI is InChI=1S/C33H30N4O4/c1-21-10-13-24(14-11-21)33(39)41-28-17-12-22(18-29(28)40-4)20-34-36-32(38)31-30(23-8-6-5-7-9-23)26-19-25(37(2)3)15-16-27(26)35-31/h5-20,35H,1-4H3,(H,36,38). The second-order valence-corrected chi connectivity index (χ2v) is 9.73. The van der Waals surface area contributed by atoms with Gasteiger partial charge in [0.2, 0.25) is 0 Å². The topological polar surface area (TPSA) is 96.0 Å². The average molecular weight is 547 g/mol. The summed E-state index contributed by atoms with van der Waals surface area (Å²) in [4.78, 5) is 31.2. The number of hydrogen-bond acceptors (Lipinski definition) is 6. The minimum atomic E-state index is -0.484. The van der Waals surface area contributed by atoms with Crippen LogP contribution in [0.2, 0.25) is 0 Å². The summed E-state index contributed by atoms with van der Waals surface area (Å²) < 4.78 is 11.0. The second-order valence-electron chi connectivity index (χ2n) is 9.73. The molecule has 0 aliphatic heterocycles. The van der Waals surface area contributed by atoms with Crippen molar-refractivity contribution in [2.75, 3.05) is 26.1 Å². The van der Waals surface area contributed by atoms with Gasteiger partial charge >= 0.3 is 5.97 Å². The van der Waals surface area contributed by atoms with Gasteiger partial charge in [-0.05, 0) is 66.6 Å². The van der Waals surface area contributed by atoms with Crippen LogP contribution >= 0.6 is 0 Å². The van der Waals surface area contributed by atoms with Gasteiger partial charge in [0, 0.05) is 36.2 Å². The van der Waals surface area contributed by atoms with Crippen LogP contribution in [0.15, 0.2) is 96.1 Å². The van der Waals surface area contributed by atoms with Crippen molar-refractivity contribution in [2.24, 2.45) is 5.10 Å². The number of aromatic nitrogens is 1. The summed E-state index contributed by atoms with van der Waals surface area (Å²) in [5.74, 6) is -0.220. The van der Waals surface area contributed by atoms with E-state index < -0.39 is 5.97 Å². The van der Waals surface area contributed by atoms with Crippen molar-refractivity contribution in [3.63, 3.8) is 0 Å². The minimum Gasteiger partial charge on any atom is -0.493 e. The maximum atomic E-state index is 13.3. The number of H-pyrrole nitrogens is 1. The largest absolute Gasteiger partial charge is 0.493 e. The third-order valence-corrected chi connectivity index (χ3v) is 6.65. The van der Waals surface area contributed by atoms with Gasteiger partial charge in [-0.2, -0.15) is 5.10 Å². The third-order valence-electron chi connectivity index (χ3n) is 6.65. The molecule has 0 aliphatic carbocycles. The van der Waals surface area contributed by atoms with Crippen molar-refractivity contribution >= 4 is 34.7 Å². The highest BCUT2D eigenvalue weighted by molar-refractivity contribution is 6.10. The molecular weight excluding hydrogens is 516 g/mol. The van der Waals surface area contributed by atoms with Gasteiger partial charge in [0.1, 0.15) is 5.69 Å². The highest BCUT2D eigenvalue weighted by atomic mass is 16.6. The number of benzene rings is 4. The maximum absolute atomic E-state index is 13.3. The van der Waals surface area contributed by atoms with E-state index in [-0.39, 0.29) is 11.7 Å². The number of rotatable bonds is 8. The van der Waals surface area contributed by atoms with E-state index in [1.165, 1.54) is 13.3 Å². The molecular formula is C33H30N4O4. The molecule has 0 fully saturated rings. The lowest BCUT2D eigenvalue weighted by molar-refractivity contribution is 0.0729. The summed E-state index contributed by atoms with van der Waals surface area (Å²) in [6.45, 7) is 1.95. The van der Waals surface area contributed by atoms with Crippen LogP contribution in [0.1, 0.15) is 32.0 Å². The van der Waals surface area contributed by atoms with Gasteiger partial charge in [-0.1, -0.05) is 48.0 Å². The van der Waals surface area contributed by atoms with Crippen LogP contribution in [0.3, 0.4) is 0 Å². The van der Waals surface area contributed by atoms with Crippen LogP contribution in [-0.4, -0.2) is 44.3 Å². The van der Waals surface area contributed by atoms with Crippen molar-refractivity contribution in [3.05, 3.63) is 113 Å². The number of fused-ring (bicyclic) bond motifs is 1. The first kappa shape index (κ1) is 27.2. The minimum absolute atomic E-state index is 0.280. The number of ether oxygens (including phenoxy) is 2. The van der Waals surface area contributed by atoms with E-state index in [2.05, 4.69) is 21.6 Å². The Kier molecular flexibility index (Phi) is 7.83. The number of methoxy groups -OCH3 is 1. The molecule has 2 N–H and O–H groups in total. The average Bonchev–Trinajstić information content (AvgIpc) is 3.37. The molecule has 4 aromatic carbocycles. The summed E-state index contributed by atoms with van der Waals surface area (Å²) in [7, 11) is 5.45. The Morgan fingerprint density at radius 3 is 2.37 bits per heavy atom. The first-order valence-electron chi connectivity index (χ1n) is 13.0. The highest BCUT2D eigenvalue weighted by Crippen LogP contribution is 2.34. The van der Waals surface area contributed by atoms with Crippen molar-refractivity contribution in [2.45, 2.75) is 6.92 Å². The van der Waals surface area contributed by atoms with Crippen molar-refractivity contribution < 1.29 is 19.1 Å². The Bertz CT molecular complexity index is 1740. The SMILES string of the molecule is COc1cc(C=NNC(=O)c2[nH]c3ccc(N(C)C)cc3c2-c2ccccc2)ccc1OC(=O)c1ccc(C)cc1. The Morgan fingerprint density at radius 2 is 1.66 bits per heavy atom. The van der Waals surface area contributed by atoms with Gasteiger partial charge in [0.05, 0.1) is 18.9 Å². The molecule has 0 saturated carbocycles. The predicted molar refractivity (Wildman–Crippen MR) is 162 cm³/mol. The molecule has 0 atom stereocenters. The molecule has 0 spiro atoms. The van der Waals surface area contributed by atoms with Crippen molar-refractivity contribution in [3.8, 4) is 22.6 Å². The Hall–Kier alpha value is -5.37. The molecule has 8 heteroatoms. The van der Waals surface area contributed by atoms with Gasteiger partial charge in [0.15, 0.2) is 11.5 Å².